The number of nitriles is 1. The number of carbonyl (C=O) groups is 2. The van der Waals surface area contributed by atoms with Crippen LogP contribution in [0.25, 0.3) is 6.08 Å². The Morgan fingerprint density at radius 2 is 1.68 bits per heavy atom. The van der Waals surface area contributed by atoms with Crippen LogP contribution in [-0.4, -0.2) is 69.4 Å². The number of carbonyl (C=O) groups excluding carboxylic acids is 2. The molecule has 1 saturated heterocycles. The Morgan fingerprint density at radius 1 is 1.06 bits per heavy atom. The van der Waals surface area contributed by atoms with Crippen LogP contribution in [-0.2, 0) is 24.3 Å². The summed E-state index contributed by atoms with van der Waals surface area (Å²) >= 11 is 5.82. The molecule has 2 aromatic rings. The van der Waals surface area contributed by atoms with Crippen molar-refractivity contribution in [3.05, 3.63) is 64.7 Å². The number of esters is 1. The van der Waals surface area contributed by atoms with Gasteiger partial charge >= 0.3 is 5.97 Å². The van der Waals surface area contributed by atoms with E-state index in [0.29, 0.717) is 16.3 Å². The zero-order valence-electron chi connectivity index (χ0n) is 18.3. The Morgan fingerprint density at radius 3 is 2.24 bits per heavy atom. The monoisotopic (exact) mass is 503 g/mol. The molecule has 0 unspecified atom stereocenters. The van der Waals surface area contributed by atoms with Crippen LogP contribution in [0.2, 0.25) is 5.02 Å². The van der Waals surface area contributed by atoms with E-state index < -0.39 is 28.5 Å². The lowest BCUT2D eigenvalue weighted by Crippen LogP contribution is -2.51. The number of ether oxygens (including phenoxy) is 2. The molecule has 34 heavy (non-hydrogen) atoms. The van der Waals surface area contributed by atoms with Crippen LogP contribution >= 0.6 is 11.6 Å². The molecule has 11 heteroatoms. The summed E-state index contributed by atoms with van der Waals surface area (Å²) in [6.45, 7) is -0.0483. The maximum absolute atomic E-state index is 12.8. The lowest BCUT2D eigenvalue weighted by atomic mass is 10.1. The first-order chi connectivity index (χ1) is 16.2. The van der Waals surface area contributed by atoms with E-state index in [9.17, 15) is 23.3 Å². The van der Waals surface area contributed by atoms with E-state index in [2.05, 4.69) is 0 Å². The third-order valence-electron chi connectivity index (χ3n) is 5.14. The van der Waals surface area contributed by atoms with Crippen molar-refractivity contribution < 1.29 is 27.5 Å². The molecule has 178 valence electrons. The number of hydrogen-bond donors (Lipinski definition) is 0. The van der Waals surface area contributed by atoms with Gasteiger partial charge in [-0.1, -0.05) is 23.7 Å². The maximum atomic E-state index is 12.8. The third kappa shape index (κ3) is 6.14. The fourth-order valence-corrected chi connectivity index (χ4v) is 4.78. The molecule has 0 bridgehead atoms. The number of amides is 1. The molecule has 0 radical (unpaired) electrons. The van der Waals surface area contributed by atoms with Crippen LogP contribution in [0.1, 0.15) is 5.56 Å². The number of hydrogen-bond acceptors (Lipinski definition) is 7. The molecule has 1 amide bonds. The summed E-state index contributed by atoms with van der Waals surface area (Å²) in [4.78, 5) is 26.2. The van der Waals surface area contributed by atoms with Gasteiger partial charge in [-0.2, -0.15) is 9.57 Å². The van der Waals surface area contributed by atoms with Gasteiger partial charge in [-0.05, 0) is 48.0 Å². The summed E-state index contributed by atoms with van der Waals surface area (Å²) in [5.41, 5.74) is 0.343. The number of sulfonamides is 1. The molecular formula is C23H22ClN3O6S. The van der Waals surface area contributed by atoms with E-state index in [1.165, 1.54) is 46.7 Å². The highest BCUT2D eigenvalue weighted by molar-refractivity contribution is 7.89. The Labute approximate surface area is 202 Å². The second-order valence-electron chi connectivity index (χ2n) is 7.26. The molecule has 0 N–H and O–H groups in total. The molecule has 0 saturated carbocycles. The topological polar surface area (TPSA) is 117 Å². The van der Waals surface area contributed by atoms with Crippen molar-refractivity contribution in [3.8, 4) is 11.8 Å². The second-order valence-corrected chi connectivity index (χ2v) is 9.63. The van der Waals surface area contributed by atoms with Gasteiger partial charge in [-0.15, -0.1) is 0 Å². The van der Waals surface area contributed by atoms with Gasteiger partial charge in [0.05, 0.1) is 12.0 Å². The molecule has 2 aromatic carbocycles. The minimum atomic E-state index is -3.70. The number of halogens is 1. The first-order valence-corrected chi connectivity index (χ1v) is 12.0. The van der Waals surface area contributed by atoms with Gasteiger partial charge in [0.1, 0.15) is 17.4 Å². The first-order valence-electron chi connectivity index (χ1n) is 10.2. The highest BCUT2D eigenvalue weighted by Crippen LogP contribution is 2.20. The molecule has 1 aliphatic heterocycles. The SMILES string of the molecule is COc1ccc(/C=C(/C#N)C(=O)OCC(=O)N2CCN(S(=O)(=O)c3ccc(Cl)cc3)CC2)cc1. The Bertz CT molecular complexity index is 1210. The molecule has 0 aliphatic carbocycles. The first kappa shape index (κ1) is 25.2. The average molecular weight is 504 g/mol. The third-order valence-corrected chi connectivity index (χ3v) is 7.30. The minimum Gasteiger partial charge on any atom is -0.497 e. The maximum Gasteiger partial charge on any atom is 0.349 e. The van der Waals surface area contributed by atoms with Crippen molar-refractivity contribution in [2.45, 2.75) is 4.90 Å². The minimum absolute atomic E-state index is 0.103. The van der Waals surface area contributed by atoms with Crippen molar-refractivity contribution in [2.75, 3.05) is 39.9 Å². The summed E-state index contributed by atoms with van der Waals surface area (Å²) in [6, 6.07) is 14.3. The van der Waals surface area contributed by atoms with Crippen molar-refractivity contribution >= 4 is 39.6 Å². The number of rotatable bonds is 7. The van der Waals surface area contributed by atoms with Gasteiger partial charge in [-0.3, -0.25) is 4.79 Å². The standard InChI is InChI=1S/C23H22ClN3O6S/c1-32-20-6-2-17(3-7-20)14-18(15-25)23(29)33-16-22(28)26-10-12-27(13-11-26)34(30,31)21-8-4-19(24)5-9-21/h2-9,14H,10-13,16H2,1H3/b18-14-. The molecule has 3 rings (SSSR count). The van der Waals surface area contributed by atoms with Gasteiger partial charge in [-0.25, -0.2) is 13.2 Å². The molecule has 1 heterocycles. The number of nitrogens with zero attached hydrogens (tertiary/aromatic N) is 3. The van der Waals surface area contributed by atoms with E-state index in [-0.39, 0.29) is 36.6 Å². The highest BCUT2D eigenvalue weighted by atomic mass is 35.5. The summed E-state index contributed by atoms with van der Waals surface area (Å²) in [5.74, 6) is -0.765. The highest BCUT2D eigenvalue weighted by Gasteiger charge is 2.30. The van der Waals surface area contributed by atoms with E-state index in [1.54, 1.807) is 30.3 Å². The van der Waals surface area contributed by atoms with Crippen LogP contribution < -0.4 is 4.74 Å². The largest absolute Gasteiger partial charge is 0.497 e. The van der Waals surface area contributed by atoms with Gasteiger partial charge < -0.3 is 14.4 Å². The lowest BCUT2D eigenvalue weighted by molar-refractivity contribution is -0.149. The molecule has 1 fully saturated rings. The van der Waals surface area contributed by atoms with Crippen LogP contribution in [0.15, 0.2) is 59.0 Å². The Balaban J connectivity index is 1.53. The van der Waals surface area contributed by atoms with E-state index >= 15 is 0 Å². The van der Waals surface area contributed by atoms with Crippen LogP contribution in [0.4, 0.5) is 0 Å². The summed E-state index contributed by atoms with van der Waals surface area (Å²) in [7, 11) is -2.18. The molecule has 9 nitrogen and oxygen atoms in total. The zero-order chi connectivity index (χ0) is 24.7. The summed E-state index contributed by atoms with van der Waals surface area (Å²) < 4.78 is 36.9. The van der Waals surface area contributed by atoms with Gasteiger partial charge in [0.15, 0.2) is 6.61 Å². The van der Waals surface area contributed by atoms with Crippen LogP contribution in [0.5, 0.6) is 5.75 Å². The second kappa shape index (κ2) is 11.2. The average Bonchev–Trinajstić information content (AvgIpc) is 2.86. The quantitative estimate of drug-likeness (QED) is 0.323. The fourth-order valence-electron chi connectivity index (χ4n) is 3.23. The summed E-state index contributed by atoms with van der Waals surface area (Å²) in [5, 5.41) is 9.71. The fraction of sp³-hybridized carbons (Fsp3) is 0.261. The lowest BCUT2D eigenvalue weighted by Gasteiger charge is -2.33. The van der Waals surface area contributed by atoms with Gasteiger partial charge in [0.25, 0.3) is 5.91 Å². The molecular weight excluding hydrogens is 482 g/mol. The van der Waals surface area contributed by atoms with Crippen molar-refractivity contribution in [3.63, 3.8) is 0 Å². The van der Waals surface area contributed by atoms with E-state index in [0.717, 1.165) is 0 Å². The van der Waals surface area contributed by atoms with E-state index in [4.69, 9.17) is 21.1 Å². The molecule has 0 aromatic heterocycles. The number of benzene rings is 2. The Kier molecular flexibility index (Phi) is 8.28. The number of piperazine rings is 1. The zero-order valence-corrected chi connectivity index (χ0v) is 19.9. The normalized spacial score (nSPS) is 14.9. The van der Waals surface area contributed by atoms with Gasteiger partial charge in [0.2, 0.25) is 10.0 Å². The van der Waals surface area contributed by atoms with Crippen molar-refractivity contribution in [1.82, 2.24) is 9.21 Å². The molecule has 1 aliphatic rings. The Hall–Kier alpha value is -3.39. The van der Waals surface area contributed by atoms with Crippen molar-refractivity contribution in [2.24, 2.45) is 0 Å². The van der Waals surface area contributed by atoms with Crippen molar-refractivity contribution in [1.29, 1.82) is 5.26 Å². The number of methoxy groups -OCH3 is 1. The predicted octanol–water partition coefficient (Wildman–Crippen LogP) is 2.33. The summed E-state index contributed by atoms with van der Waals surface area (Å²) in [6.07, 6.45) is 1.35. The van der Waals surface area contributed by atoms with Gasteiger partial charge in [0, 0.05) is 31.2 Å². The van der Waals surface area contributed by atoms with E-state index in [1.807, 2.05) is 0 Å². The molecule has 0 spiro atoms. The van der Waals surface area contributed by atoms with Crippen LogP contribution in [0, 0.1) is 11.3 Å². The van der Waals surface area contributed by atoms with Crippen LogP contribution in [0.3, 0.4) is 0 Å². The molecule has 0 atom stereocenters. The smallest absolute Gasteiger partial charge is 0.349 e. The predicted molar refractivity (Wildman–Crippen MR) is 124 cm³/mol.